The van der Waals surface area contributed by atoms with Crippen LogP contribution in [0.3, 0.4) is 0 Å². The molecule has 20 heavy (non-hydrogen) atoms. The predicted octanol–water partition coefficient (Wildman–Crippen LogP) is 6.15. The largest absolute Gasteiger partial charge is 0.365 e. The lowest BCUT2D eigenvalue weighted by Gasteiger charge is -2.45. The van der Waals surface area contributed by atoms with Crippen molar-refractivity contribution in [2.45, 2.75) is 25.4 Å². The van der Waals surface area contributed by atoms with Crippen molar-refractivity contribution in [3.8, 4) is 0 Å². The molecule has 0 aromatic heterocycles. The zero-order valence-corrected chi connectivity index (χ0v) is 14.2. The maximum atomic E-state index is 6.45. The first kappa shape index (κ1) is 14.7. The van der Waals surface area contributed by atoms with Crippen molar-refractivity contribution in [3.05, 3.63) is 54.5 Å². The number of allylic oxidation sites excluding steroid dienone is 2. The fraction of sp³-hybridized carbons (Fsp3) is 0.333. The number of rotatable bonds is 1. The molecule has 0 saturated carbocycles. The fourth-order valence-electron chi connectivity index (χ4n) is 3.24. The van der Waals surface area contributed by atoms with Crippen LogP contribution in [-0.4, -0.2) is 7.11 Å². The van der Waals surface area contributed by atoms with E-state index in [-0.39, 0.29) is 10.9 Å². The van der Waals surface area contributed by atoms with Crippen LogP contribution in [0.15, 0.2) is 23.3 Å². The molecule has 1 nitrogen and oxygen atoms in total. The van der Waals surface area contributed by atoms with E-state index < -0.39 is 5.60 Å². The van der Waals surface area contributed by atoms with Gasteiger partial charge in [0.05, 0.1) is 20.1 Å². The van der Waals surface area contributed by atoms with Crippen LogP contribution in [-0.2, 0) is 10.3 Å². The van der Waals surface area contributed by atoms with Gasteiger partial charge >= 0.3 is 0 Å². The summed E-state index contributed by atoms with van der Waals surface area (Å²) in [6.45, 7) is 4.12. The number of ether oxygens (including phenoxy) is 1. The van der Waals surface area contributed by atoms with Crippen LogP contribution < -0.4 is 0 Å². The Labute approximate surface area is 138 Å². The first-order valence-electron chi connectivity index (χ1n) is 6.15. The van der Waals surface area contributed by atoms with Crippen LogP contribution in [0.1, 0.15) is 30.9 Å². The summed E-state index contributed by atoms with van der Waals surface area (Å²) in [5.74, 6) is 0.0711. The lowest BCUT2D eigenvalue weighted by molar-refractivity contribution is 0.0543. The lowest BCUT2D eigenvalue weighted by atomic mass is 9.66. The summed E-state index contributed by atoms with van der Waals surface area (Å²) < 4.78 is 5.82. The van der Waals surface area contributed by atoms with E-state index in [0.717, 1.165) is 16.7 Å². The standard InChI is InChI=1S/C15H12Cl4O/c1-6-7(2)15(20-3)5-4-8(6)9-10(15)12(17)14(19)13(18)11(9)16/h4-5,8H,1-3H3/t8-,15-/m0/s1. The second-order valence-electron chi connectivity index (χ2n) is 5.13. The smallest absolute Gasteiger partial charge is 0.134 e. The molecule has 2 atom stereocenters. The molecule has 2 bridgehead atoms. The van der Waals surface area contributed by atoms with Gasteiger partial charge in [0, 0.05) is 18.6 Å². The lowest BCUT2D eigenvalue weighted by Crippen LogP contribution is -2.38. The number of halogens is 4. The highest BCUT2D eigenvalue weighted by molar-refractivity contribution is 6.52. The molecular formula is C15H12Cl4O. The van der Waals surface area contributed by atoms with Gasteiger partial charge < -0.3 is 4.74 Å². The van der Waals surface area contributed by atoms with Crippen molar-refractivity contribution >= 4 is 46.4 Å². The van der Waals surface area contributed by atoms with Gasteiger partial charge in [0.2, 0.25) is 0 Å². The van der Waals surface area contributed by atoms with Crippen molar-refractivity contribution < 1.29 is 4.74 Å². The van der Waals surface area contributed by atoms with E-state index >= 15 is 0 Å². The van der Waals surface area contributed by atoms with Crippen molar-refractivity contribution in [1.82, 2.24) is 0 Å². The number of methoxy groups -OCH3 is 1. The average molecular weight is 350 g/mol. The van der Waals surface area contributed by atoms with Crippen molar-refractivity contribution in [2.24, 2.45) is 0 Å². The van der Waals surface area contributed by atoms with Crippen LogP contribution in [0, 0.1) is 0 Å². The van der Waals surface area contributed by atoms with E-state index in [1.807, 2.05) is 13.0 Å². The van der Waals surface area contributed by atoms with Gasteiger partial charge in [-0.3, -0.25) is 0 Å². The summed E-state index contributed by atoms with van der Waals surface area (Å²) in [4.78, 5) is 0. The van der Waals surface area contributed by atoms with E-state index in [9.17, 15) is 0 Å². The van der Waals surface area contributed by atoms with Gasteiger partial charge in [0.25, 0.3) is 0 Å². The monoisotopic (exact) mass is 348 g/mol. The molecule has 0 heterocycles. The van der Waals surface area contributed by atoms with E-state index in [4.69, 9.17) is 51.1 Å². The summed E-state index contributed by atoms with van der Waals surface area (Å²) >= 11 is 25.3. The Bertz CT molecular complexity index is 690. The first-order chi connectivity index (χ1) is 9.36. The minimum absolute atomic E-state index is 0.0711. The highest BCUT2D eigenvalue weighted by Gasteiger charge is 2.47. The molecule has 0 unspecified atom stereocenters. The summed E-state index contributed by atoms with van der Waals surface area (Å²) in [6, 6.07) is 0. The molecular weight excluding hydrogens is 338 g/mol. The van der Waals surface area contributed by atoms with E-state index in [1.54, 1.807) is 7.11 Å². The third-order valence-corrected chi connectivity index (χ3v) is 6.26. The van der Waals surface area contributed by atoms with Crippen LogP contribution in [0.5, 0.6) is 0 Å². The Hall–Kier alpha value is -0.180. The predicted molar refractivity (Wildman–Crippen MR) is 85.4 cm³/mol. The minimum atomic E-state index is -0.705. The van der Waals surface area contributed by atoms with Crippen molar-refractivity contribution in [3.63, 3.8) is 0 Å². The summed E-state index contributed by atoms with van der Waals surface area (Å²) in [6.07, 6.45) is 4.11. The van der Waals surface area contributed by atoms with Gasteiger partial charge in [-0.2, -0.15) is 0 Å². The van der Waals surface area contributed by atoms with E-state index in [2.05, 4.69) is 13.0 Å². The molecule has 0 spiro atoms. The number of hydrogen-bond acceptors (Lipinski definition) is 1. The van der Waals surface area contributed by atoms with Gasteiger partial charge in [0.15, 0.2) is 0 Å². The Balaban J connectivity index is 2.48. The van der Waals surface area contributed by atoms with Crippen LogP contribution >= 0.6 is 46.4 Å². The fourth-order valence-corrected chi connectivity index (χ4v) is 4.36. The van der Waals surface area contributed by atoms with Crippen molar-refractivity contribution in [2.75, 3.05) is 7.11 Å². The molecule has 4 rings (SSSR count). The highest BCUT2D eigenvalue weighted by atomic mass is 35.5. The SMILES string of the molecule is CO[C@@]12C=C[C@@H](C(C)=C1C)c1c(Cl)c(Cl)c(Cl)c(Cl)c12. The number of hydrogen-bond donors (Lipinski definition) is 0. The topological polar surface area (TPSA) is 9.23 Å². The maximum absolute atomic E-state index is 6.45. The Morgan fingerprint density at radius 2 is 1.60 bits per heavy atom. The van der Waals surface area contributed by atoms with Gasteiger partial charge in [-0.15, -0.1) is 0 Å². The Morgan fingerprint density at radius 3 is 2.20 bits per heavy atom. The zero-order valence-electron chi connectivity index (χ0n) is 11.2. The second-order valence-corrected chi connectivity index (χ2v) is 6.64. The molecule has 3 aliphatic carbocycles. The molecule has 0 radical (unpaired) electrons. The summed E-state index contributed by atoms with van der Waals surface area (Å²) in [5, 5.41) is 1.45. The molecule has 5 heteroatoms. The van der Waals surface area contributed by atoms with Crippen LogP contribution in [0.25, 0.3) is 0 Å². The van der Waals surface area contributed by atoms with Crippen LogP contribution in [0.4, 0.5) is 0 Å². The molecule has 0 fully saturated rings. The molecule has 0 N–H and O–H groups in total. The van der Waals surface area contributed by atoms with Crippen LogP contribution in [0.2, 0.25) is 20.1 Å². The molecule has 0 saturated heterocycles. The highest BCUT2D eigenvalue weighted by Crippen LogP contribution is 2.59. The molecule has 0 amide bonds. The Kier molecular flexibility index (Phi) is 3.43. The molecule has 1 aromatic rings. The first-order valence-corrected chi connectivity index (χ1v) is 7.66. The van der Waals surface area contributed by atoms with Gasteiger partial charge in [-0.25, -0.2) is 0 Å². The third kappa shape index (κ3) is 1.56. The van der Waals surface area contributed by atoms with Crippen molar-refractivity contribution in [1.29, 1.82) is 0 Å². The normalized spacial score (nSPS) is 27.2. The minimum Gasteiger partial charge on any atom is -0.365 e. The molecule has 0 aliphatic heterocycles. The third-order valence-electron chi connectivity index (χ3n) is 4.45. The van der Waals surface area contributed by atoms with E-state index in [0.29, 0.717) is 15.1 Å². The van der Waals surface area contributed by atoms with Gasteiger partial charge in [-0.05, 0) is 31.1 Å². The average Bonchev–Trinajstić information content (AvgIpc) is 2.46. The maximum Gasteiger partial charge on any atom is 0.134 e. The second kappa shape index (κ2) is 4.66. The zero-order chi connectivity index (χ0) is 14.8. The number of benzene rings is 1. The molecule has 106 valence electrons. The van der Waals surface area contributed by atoms with Gasteiger partial charge in [0.1, 0.15) is 5.60 Å². The van der Waals surface area contributed by atoms with Gasteiger partial charge in [-0.1, -0.05) is 58.1 Å². The quantitative estimate of drug-likeness (QED) is 0.336. The summed E-state index contributed by atoms with van der Waals surface area (Å²) in [7, 11) is 1.66. The summed E-state index contributed by atoms with van der Waals surface area (Å²) in [5.41, 5.74) is 3.34. The molecule has 3 aliphatic rings. The Morgan fingerprint density at radius 1 is 1.00 bits per heavy atom. The van der Waals surface area contributed by atoms with E-state index in [1.165, 1.54) is 5.57 Å². The molecule has 1 aromatic carbocycles.